The van der Waals surface area contributed by atoms with Crippen molar-refractivity contribution in [2.24, 2.45) is 11.7 Å². The Balaban J connectivity index is 2.50. The van der Waals surface area contributed by atoms with Crippen LogP contribution in [0, 0.1) is 5.92 Å². The number of carbonyl (C=O) groups is 1. The molecule has 1 aliphatic rings. The number of carbonyl (C=O) groups excluding carboxylic acids is 1. The average molecular weight is 227 g/mol. The lowest BCUT2D eigenvalue weighted by Gasteiger charge is -2.38. The molecule has 2 unspecified atom stereocenters. The highest BCUT2D eigenvalue weighted by Gasteiger charge is 2.29. The number of nitrogens with one attached hydrogen (secondary N) is 1. The number of hydrogen-bond acceptors (Lipinski definition) is 3. The summed E-state index contributed by atoms with van der Waals surface area (Å²) in [6.07, 6.45) is 2.35. The molecule has 94 valence electrons. The van der Waals surface area contributed by atoms with Crippen molar-refractivity contribution in [2.75, 3.05) is 19.6 Å². The highest BCUT2D eigenvalue weighted by molar-refractivity contribution is 5.80. The predicted molar refractivity (Wildman–Crippen MR) is 66.1 cm³/mol. The topological polar surface area (TPSA) is 58.4 Å². The zero-order chi connectivity index (χ0) is 12.1. The van der Waals surface area contributed by atoms with Gasteiger partial charge in [-0.25, -0.2) is 0 Å². The van der Waals surface area contributed by atoms with E-state index in [0.29, 0.717) is 12.6 Å². The second-order valence-corrected chi connectivity index (χ2v) is 5.18. The predicted octanol–water partition coefficient (Wildman–Crippen LogP) is 0.570. The summed E-state index contributed by atoms with van der Waals surface area (Å²) in [7, 11) is 0. The highest BCUT2D eigenvalue weighted by atomic mass is 16.1. The molecule has 1 heterocycles. The Kier molecular flexibility index (Phi) is 5.22. The number of primary amides is 1. The fourth-order valence-corrected chi connectivity index (χ4v) is 2.25. The number of piperazine rings is 1. The monoisotopic (exact) mass is 227 g/mol. The van der Waals surface area contributed by atoms with Crippen LogP contribution in [0.4, 0.5) is 0 Å². The minimum atomic E-state index is -0.205. The van der Waals surface area contributed by atoms with E-state index in [1.807, 2.05) is 0 Å². The Morgan fingerprint density at radius 3 is 2.69 bits per heavy atom. The van der Waals surface area contributed by atoms with Crippen LogP contribution < -0.4 is 11.1 Å². The Labute approximate surface area is 98.6 Å². The molecule has 0 aromatic heterocycles. The molecule has 0 aromatic rings. The molecule has 1 fully saturated rings. The van der Waals surface area contributed by atoms with Crippen molar-refractivity contribution in [3.63, 3.8) is 0 Å². The molecule has 16 heavy (non-hydrogen) atoms. The maximum atomic E-state index is 11.3. The van der Waals surface area contributed by atoms with E-state index in [9.17, 15) is 4.79 Å². The van der Waals surface area contributed by atoms with E-state index in [0.717, 1.165) is 25.4 Å². The number of nitrogens with two attached hydrogens (primary N) is 1. The lowest BCUT2D eigenvalue weighted by Crippen LogP contribution is -2.59. The van der Waals surface area contributed by atoms with Crippen molar-refractivity contribution in [3.05, 3.63) is 0 Å². The first kappa shape index (κ1) is 13.5. The smallest absolute Gasteiger partial charge is 0.236 e. The fourth-order valence-electron chi connectivity index (χ4n) is 2.25. The van der Waals surface area contributed by atoms with Crippen LogP contribution in [0.25, 0.3) is 0 Å². The molecular formula is C12H25N3O. The Morgan fingerprint density at radius 1 is 1.44 bits per heavy atom. The van der Waals surface area contributed by atoms with Gasteiger partial charge >= 0.3 is 0 Å². The third kappa shape index (κ3) is 3.76. The van der Waals surface area contributed by atoms with Crippen molar-refractivity contribution >= 4 is 5.91 Å². The van der Waals surface area contributed by atoms with Gasteiger partial charge in [-0.3, -0.25) is 9.69 Å². The molecule has 0 radical (unpaired) electrons. The molecule has 0 bridgehead atoms. The summed E-state index contributed by atoms with van der Waals surface area (Å²) in [5.41, 5.74) is 5.43. The Hall–Kier alpha value is -0.610. The number of nitrogens with zero attached hydrogens (tertiary/aromatic N) is 1. The number of hydrogen-bond donors (Lipinski definition) is 2. The van der Waals surface area contributed by atoms with Gasteiger partial charge in [-0.05, 0) is 25.7 Å². The molecular weight excluding hydrogens is 202 g/mol. The molecule has 0 saturated carbocycles. The van der Waals surface area contributed by atoms with Crippen LogP contribution in [0.3, 0.4) is 0 Å². The lowest BCUT2D eigenvalue weighted by molar-refractivity contribution is -0.124. The van der Waals surface area contributed by atoms with Crippen LogP contribution in [0.2, 0.25) is 0 Å². The van der Waals surface area contributed by atoms with Crippen molar-refractivity contribution in [1.82, 2.24) is 10.2 Å². The van der Waals surface area contributed by atoms with E-state index < -0.39 is 0 Å². The third-order valence-electron chi connectivity index (χ3n) is 3.34. The molecule has 0 aromatic carbocycles. The van der Waals surface area contributed by atoms with Crippen LogP contribution in [0.5, 0.6) is 0 Å². The fraction of sp³-hybridized carbons (Fsp3) is 0.917. The summed E-state index contributed by atoms with van der Waals surface area (Å²) in [5.74, 6) is 0.515. The van der Waals surface area contributed by atoms with Gasteiger partial charge in [0.15, 0.2) is 0 Å². The van der Waals surface area contributed by atoms with Gasteiger partial charge in [0.1, 0.15) is 6.04 Å². The van der Waals surface area contributed by atoms with Gasteiger partial charge in [0.2, 0.25) is 5.91 Å². The Morgan fingerprint density at radius 2 is 2.12 bits per heavy atom. The summed E-state index contributed by atoms with van der Waals surface area (Å²) in [6, 6.07) is 0.318. The van der Waals surface area contributed by atoms with E-state index in [2.05, 4.69) is 31.0 Å². The van der Waals surface area contributed by atoms with Gasteiger partial charge in [0.25, 0.3) is 0 Å². The second-order valence-electron chi connectivity index (χ2n) is 5.18. The third-order valence-corrected chi connectivity index (χ3v) is 3.34. The molecule has 4 heteroatoms. The van der Waals surface area contributed by atoms with Crippen molar-refractivity contribution in [3.8, 4) is 0 Å². The molecule has 3 N–H and O–H groups in total. The first-order valence-electron chi connectivity index (χ1n) is 6.28. The molecule has 1 amide bonds. The van der Waals surface area contributed by atoms with E-state index in [-0.39, 0.29) is 11.9 Å². The van der Waals surface area contributed by atoms with Gasteiger partial charge in [0, 0.05) is 25.7 Å². The van der Waals surface area contributed by atoms with E-state index in [1.54, 1.807) is 0 Å². The van der Waals surface area contributed by atoms with Gasteiger partial charge in [-0.1, -0.05) is 13.8 Å². The second kappa shape index (κ2) is 6.21. The van der Waals surface area contributed by atoms with Gasteiger partial charge in [0.05, 0.1) is 0 Å². The van der Waals surface area contributed by atoms with Crippen LogP contribution in [0.15, 0.2) is 0 Å². The SMILES string of the molecule is CC(C)CCC(C)N1CCNCC1C(N)=O. The van der Waals surface area contributed by atoms with E-state index in [1.165, 1.54) is 6.42 Å². The van der Waals surface area contributed by atoms with Crippen molar-refractivity contribution < 1.29 is 4.79 Å². The standard InChI is InChI=1S/C12H25N3O/c1-9(2)4-5-10(3)15-7-6-14-8-11(15)12(13)16/h9-11,14H,4-8H2,1-3H3,(H2,13,16). The highest BCUT2D eigenvalue weighted by Crippen LogP contribution is 2.15. The van der Waals surface area contributed by atoms with Gasteiger partial charge in [-0.2, -0.15) is 0 Å². The zero-order valence-corrected chi connectivity index (χ0v) is 10.7. The summed E-state index contributed by atoms with van der Waals surface area (Å²) in [6.45, 7) is 9.24. The van der Waals surface area contributed by atoms with Crippen LogP contribution in [-0.4, -0.2) is 42.5 Å². The molecule has 2 atom stereocenters. The van der Waals surface area contributed by atoms with Crippen molar-refractivity contribution in [1.29, 1.82) is 0 Å². The minimum absolute atomic E-state index is 0.129. The maximum absolute atomic E-state index is 11.3. The molecule has 1 aliphatic heterocycles. The van der Waals surface area contributed by atoms with Crippen LogP contribution in [0.1, 0.15) is 33.6 Å². The molecule has 0 aliphatic carbocycles. The number of amides is 1. The quantitative estimate of drug-likeness (QED) is 0.722. The average Bonchev–Trinajstić information content (AvgIpc) is 2.25. The lowest BCUT2D eigenvalue weighted by atomic mass is 10.0. The summed E-state index contributed by atoms with van der Waals surface area (Å²) < 4.78 is 0. The summed E-state index contributed by atoms with van der Waals surface area (Å²) in [5, 5.41) is 3.22. The zero-order valence-electron chi connectivity index (χ0n) is 10.7. The van der Waals surface area contributed by atoms with Crippen LogP contribution >= 0.6 is 0 Å². The first-order chi connectivity index (χ1) is 7.52. The summed E-state index contributed by atoms with van der Waals surface area (Å²) >= 11 is 0. The Bertz CT molecular complexity index is 230. The van der Waals surface area contributed by atoms with Gasteiger partial charge in [-0.15, -0.1) is 0 Å². The molecule has 1 rings (SSSR count). The molecule has 1 saturated heterocycles. The molecule has 0 spiro atoms. The number of rotatable bonds is 5. The molecule has 4 nitrogen and oxygen atoms in total. The van der Waals surface area contributed by atoms with Crippen LogP contribution in [-0.2, 0) is 4.79 Å². The van der Waals surface area contributed by atoms with Crippen molar-refractivity contribution in [2.45, 2.75) is 45.7 Å². The normalized spacial score (nSPS) is 24.6. The minimum Gasteiger partial charge on any atom is -0.368 e. The van der Waals surface area contributed by atoms with E-state index >= 15 is 0 Å². The maximum Gasteiger partial charge on any atom is 0.236 e. The van der Waals surface area contributed by atoms with E-state index in [4.69, 9.17) is 5.73 Å². The largest absolute Gasteiger partial charge is 0.368 e. The summed E-state index contributed by atoms with van der Waals surface area (Å²) in [4.78, 5) is 13.6. The van der Waals surface area contributed by atoms with Gasteiger partial charge < -0.3 is 11.1 Å². The first-order valence-corrected chi connectivity index (χ1v) is 6.28.